The fourth-order valence-corrected chi connectivity index (χ4v) is 3.27. The predicted octanol–water partition coefficient (Wildman–Crippen LogP) is 4.66. The van der Waals surface area contributed by atoms with E-state index in [-0.39, 0.29) is 0 Å². The highest BCUT2D eigenvalue weighted by Crippen LogP contribution is 2.39. The zero-order valence-electron chi connectivity index (χ0n) is 13.6. The van der Waals surface area contributed by atoms with Gasteiger partial charge in [0.2, 0.25) is 0 Å². The Balaban J connectivity index is 2.48. The average molecular weight is 264 g/mol. The van der Waals surface area contributed by atoms with Crippen LogP contribution in [0, 0.1) is 5.41 Å². The van der Waals surface area contributed by atoms with Crippen molar-refractivity contribution in [3.8, 4) is 0 Å². The molecule has 0 radical (unpaired) electrons. The minimum atomic E-state index is 0.631. The summed E-state index contributed by atoms with van der Waals surface area (Å²) in [5, 5.41) is 0. The second kappa shape index (κ2) is 7.84. The lowest BCUT2D eigenvalue weighted by Crippen LogP contribution is -2.56. The van der Waals surface area contributed by atoms with Crippen LogP contribution >= 0.6 is 0 Å². The minimum Gasteiger partial charge on any atom is -0.298 e. The lowest BCUT2D eigenvalue weighted by Gasteiger charge is -2.51. The van der Waals surface area contributed by atoms with Crippen molar-refractivity contribution in [2.75, 3.05) is 19.6 Å². The van der Waals surface area contributed by atoms with Crippen LogP contribution < -0.4 is 0 Å². The number of aliphatic imine (C=N–C) groups is 1. The Kier molecular flexibility index (Phi) is 6.78. The molecule has 1 heterocycles. The lowest BCUT2D eigenvalue weighted by atomic mass is 9.72. The Labute approximate surface area is 120 Å². The van der Waals surface area contributed by atoms with E-state index < -0.39 is 0 Å². The first kappa shape index (κ1) is 16.4. The molecule has 1 fully saturated rings. The number of nitrogens with zero attached hydrogens (tertiary/aromatic N) is 2. The van der Waals surface area contributed by atoms with Gasteiger partial charge < -0.3 is 0 Å². The average Bonchev–Trinajstić information content (AvgIpc) is 2.32. The molecule has 0 saturated carbocycles. The molecule has 1 aliphatic heterocycles. The molecule has 0 aromatic rings. The highest BCUT2D eigenvalue weighted by molar-refractivity contribution is 5.79. The van der Waals surface area contributed by atoms with E-state index in [9.17, 15) is 0 Å². The third-order valence-electron chi connectivity index (χ3n) is 4.06. The molecule has 0 bridgehead atoms. The predicted molar refractivity (Wildman–Crippen MR) is 85.8 cm³/mol. The van der Waals surface area contributed by atoms with Crippen LogP contribution in [0.15, 0.2) is 16.8 Å². The molecule has 0 aromatic carbocycles. The first-order chi connectivity index (χ1) is 9.05. The summed E-state index contributed by atoms with van der Waals surface area (Å²) in [4.78, 5) is 7.04. The van der Waals surface area contributed by atoms with Crippen molar-refractivity contribution < 1.29 is 0 Å². The zero-order valence-corrected chi connectivity index (χ0v) is 13.6. The molecule has 0 aliphatic carbocycles. The first-order valence-electron chi connectivity index (χ1n) is 7.96. The first-order valence-corrected chi connectivity index (χ1v) is 7.96. The summed E-state index contributed by atoms with van der Waals surface area (Å²) in [6.07, 6.45) is 8.63. The second-order valence-electron chi connectivity index (χ2n) is 6.36. The van der Waals surface area contributed by atoms with Gasteiger partial charge >= 0.3 is 0 Å². The Bertz CT molecular complexity index is 310. The van der Waals surface area contributed by atoms with Crippen molar-refractivity contribution in [2.45, 2.75) is 66.7 Å². The maximum absolute atomic E-state index is 4.44. The van der Waals surface area contributed by atoms with Crippen LogP contribution in [0.25, 0.3) is 0 Å². The van der Waals surface area contributed by atoms with E-state index in [0.717, 1.165) is 18.7 Å². The highest BCUT2D eigenvalue weighted by Gasteiger charge is 2.40. The quantitative estimate of drug-likeness (QED) is 0.582. The molecule has 2 heteroatoms. The summed E-state index contributed by atoms with van der Waals surface area (Å²) < 4.78 is 0. The summed E-state index contributed by atoms with van der Waals surface area (Å²) in [6, 6.07) is 0. The largest absolute Gasteiger partial charge is 0.298 e. The molecular formula is C17H32N2. The van der Waals surface area contributed by atoms with E-state index in [0.29, 0.717) is 5.41 Å². The minimum absolute atomic E-state index is 0.631. The molecule has 2 nitrogen and oxygen atoms in total. The summed E-state index contributed by atoms with van der Waals surface area (Å²) in [5.41, 5.74) is 3.23. The number of likely N-dealkylation sites (tertiary alicyclic amines) is 1. The van der Waals surface area contributed by atoms with Gasteiger partial charge in [-0.3, -0.25) is 9.89 Å². The van der Waals surface area contributed by atoms with E-state index in [4.69, 9.17) is 0 Å². The molecule has 0 unspecified atom stereocenters. The van der Waals surface area contributed by atoms with Crippen LogP contribution in [0.5, 0.6) is 0 Å². The van der Waals surface area contributed by atoms with Crippen molar-refractivity contribution in [2.24, 2.45) is 10.4 Å². The molecule has 1 saturated heterocycles. The van der Waals surface area contributed by atoms with Crippen molar-refractivity contribution in [3.63, 3.8) is 0 Å². The van der Waals surface area contributed by atoms with Gasteiger partial charge in [-0.25, -0.2) is 0 Å². The molecule has 1 rings (SSSR count). The van der Waals surface area contributed by atoms with Crippen LogP contribution in [0.4, 0.5) is 0 Å². The Morgan fingerprint density at radius 2 is 1.68 bits per heavy atom. The van der Waals surface area contributed by atoms with Gasteiger partial charge in [-0.2, -0.15) is 0 Å². The van der Waals surface area contributed by atoms with E-state index in [1.165, 1.54) is 44.3 Å². The zero-order chi connectivity index (χ0) is 14.3. The lowest BCUT2D eigenvalue weighted by molar-refractivity contribution is -0.00795. The summed E-state index contributed by atoms with van der Waals surface area (Å²) >= 11 is 0. The van der Waals surface area contributed by atoms with Crippen molar-refractivity contribution in [1.82, 2.24) is 4.90 Å². The SMILES string of the molecule is CCCC1(CCC)CN(C/C(=C/N=C(C)C)CC)C1. The molecule has 0 atom stereocenters. The fraction of sp³-hybridized carbons (Fsp3) is 0.824. The third-order valence-corrected chi connectivity index (χ3v) is 4.06. The summed E-state index contributed by atoms with van der Waals surface area (Å²) in [5.74, 6) is 0. The van der Waals surface area contributed by atoms with Gasteiger partial charge in [0, 0.05) is 31.5 Å². The van der Waals surface area contributed by atoms with Crippen LogP contribution in [-0.4, -0.2) is 30.2 Å². The van der Waals surface area contributed by atoms with Gasteiger partial charge in [0.05, 0.1) is 0 Å². The van der Waals surface area contributed by atoms with E-state index in [2.05, 4.69) is 50.7 Å². The van der Waals surface area contributed by atoms with Gasteiger partial charge in [0.15, 0.2) is 0 Å². The van der Waals surface area contributed by atoms with Crippen molar-refractivity contribution in [1.29, 1.82) is 0 Å². The molecular weight excluding hydrogens is 232 g/mol. The Morgan fingerprint density at radius 1 is 1.11 bits per heavy atom. The van der Waals surface area contributed by atoms with Crippen molar-refractivity contribution in [3.05, 3.63) is 11.8 Å². The number of hydrogen-bond donors (Lipinski definition) is 0. The number of hydrogen-bond acceptors (Lipinski definition) is 2. The Hall–Kier alpha value is -0.630. The molecule has 110 valence electrons. The normalized spacial score (nSPS) is 19.1. The van der Waals surface area contributed by atoms with Crippen molar-refractivity contribution >= 4 is 5.71 Å². The molecule has 0 aromatic heterocycles. The standard InChI is InChI=1S/C17H32N2/c1-6-9-17(10-7-2)13-19(14-17)12-16(8-3)11-18-15(4)5/h11H,6-10,12-14H2,1-5H3/b16-11+. The van der Waals surface area contributed by atoms with Crippen LogP contribution in [0.1, 0.15) is 66.7 Å². The number of rotatable bonds is 8. The monoisotopic (exact) mass is 264 g/mol. The molecule has 0 spiro atoms. The smallest absolute Gasteiger partial charge is 0.0271 e. The Morgan fingerprint density at radius 3 is 2.11 bits per heavy atom. The van der Waals surface area contributed by atoms with Gasteiger partial charge in [0.25, 0.3) is 0 Å². The topological polar surface area (TPSA) is 15.6 Å². The maximum Gasteiger partial charge on any atom is 0.0271 e. The van der Waals surface area contributed by atoms with E-state index >= 15 is 0 Å². The molecule has 19 heavy (non-hydrogen) atoms. The summed E-state index contributed by atoms with van der Waals surface area (Å²) in [7, 11) is 0. The van der Waals surface area contributed by atoms with E-state index in [1.54, 1.807) is 0 Å². The van der Waals surface area contributed by atoms with Gasteiger partial charge in [-0.1, -0.05) is 33.6 Å². The molecule has 0 N–H and O–H groups in total. The second-order valence-corrected chi connectivity index (χ2v) is 6.36. The summed E-state index contributed by atoms with van der Waals surface area (Å²) in [6.45, 7) is 14.7. The van der Waals surface area contributed by atoms with Crippen LogP contribution in [0.3, 0.4) is 0 Å². The van der Waals surface area contributed by atoms with E-state index in [1.807, 2.05) is 0 Å². The van der Waals surface area contributed by atoms with Crippen LogP contribution in [-0.2, 0) is 0 Å². The van der Waals surface area contributed by atoms with Gasteiger partial charge in [0.1, 0.15) is 0 Å². The third kappa shape index (κ3) is 5.10. The molecule has 0 amide bonds. The van der Waals surface area contributed by atoms with Gasteiger partial charge in [-0.05, 0) is 44.1 Å². The van der Waals surface area contributed by atoms with Gasteiger partial charge in [-0.15, -0.1) is 0 Å². The van der Waals surface area contributed by atoms with Crippen LogP contribution in [0.2, 0.25) is 0 Å². The maximum atomic E-state index is 4.44. The highest BCUT2D eigenvalue weighted by atomic mass is 15.2. The molecule has 1 aliphatic rings. The fourth-order valence-electron chi connectivity index (χ4n) is 3.27.